The summed E-state index contributed by atoms with van der Waals surface area (Å²) in [5, 5.41) is 2.99. The average molecular weight is 532 g/mol. The Labute approximate surface area is 217 Å². The Bertz CT molecular complexity index is 1290. The Kier molecular flexibility index (Phi) is 9.19. The van der Waals surface area contributed by atoms with Gasteiger partial charge in [0.25, 0.3) is 0 Å². The van der Waals surface area contributed by atoms with Crippen molar-refractivity contribution in [2.24, 2.45) is 0 Å². The van der Waals surface area contributed by atoms with E-state index >= 15 is 0 Å². The number of rotatable bonds is 10. The predicted molar refractivity (Wildman–Crippen MR) is 141 cm³/mol. The minimum absolute atomic E-state index is 0.0686. The van der Waals surface area contributed by atoms with Gasteiger partial charge in [0.15, 0.2) is 0 Å². The van der Waals surface area contributed by atoms with Crippen LogP contribution in [0.5, 0.6) is 11.5 Å². The van der Waals surface area contributed by atoms with E-state index in [0.717, 1.165) is 0 Å². The summed E-state index contributed by atoms with van der Waals surface area (Å²) in [6.07, 6.45) is 0. The molecule has 0 aliphatic carbocycles. The highest BCUT2D eigenvalue weighted by Gasteiger charge is 2.23. The molecule has 0 unspecified atom stereocenters. The summed E-state index contributed by atoms with van der Waals surface area (Å²) in [4.78, 5) is 16.7. The molecule has 0 atom stereocenters. The Morgan fingerprint density at radius 1 is 1.00 bits per heavy atom. The maximum atomic E-state index is 13.2. The van der Waals surface area contributed by atoms with Crippen LogP contribution in [0.1, 0.15) is 11.1 Å². The highest BCUT2D eigenvalue weighted by Crippen LogP contribution is 2.29. The zero-order chi connectivity index (χ0) is 26.3. The Hall–Kier alpha value is -3.27. The molecule has 0 fully saturated rings. The molecule has 0 saturated heterocycles. The number of anilines is 1. The molecule has 36 heavy (non-hydrogen) atoms. The molecule has 0 bridgehead atoms. The van der Waals surface area contributed by atoms with Crippen LogP contribution >= 0.6 is 11.6 Å². The van der Waals surface area contributed by atoms with Crippen LogP contribution in [0.3, 0.4) is 0 Å². The average Bonchev–Trinajstić information content (AvgIpc) is 2.81. The second-order valence-corrected chi connectivity index (χ2v) is 10.3. The van der Waals surface area contributed by atoms with Gasteiger partial charge >= 0.3 is 16.1 Å². The molecule has 8 nitrogen and oxygen atoms in total. The number of carbonyl (C=O) groups excluding carboxylic acids is 1. The van der Waals surface area contributed by atoms with E-state index in [1.54, 1.807) is 67.5 Å². The second kappa shape index (κ2) is 12.1. The van der Waals surface area contributed by atoms with Crippen LogP contribution in [0.2, 0.25) is 5.02 Å². The molecule has 192 valence electrons. The first-order valence-electron chi connectivity index (χ1n) is 11.2. The Morgan fingerprint density at radius 2 is 1.72 bits per heavy atom. The number of ether oxygens (including phenoxy) is 1. The topological polar surface area (TPSA) is 88.2 Å². The lowest BCUT2D eigenvalue weighted by molar-refractivity contribution is 0.202. The van der Waals surface area contributed by atoms with Gasteiger partial charge in [-0.05, 0) is 62.5 Å². The minimum Gasteiger partial charge on any atom is -0.495 e. The van der Waals surface area contributed by atoms with Crippen molar-refractivity contribution >= 4 is 33.4 Å². The number of nitrogens with zero attached hydrogens (tertiary/aromatic N) is 2. The fourth-order valence-corrected chi connectivity index (χ4v) is 5.25. The minimum atomic E-state index is -4.15. The third kappa shape index (κ3) is 7.13. The number of benzene rings is 3. The third-order valence-electron chi connectivity index (χ3n) is 5.34. The van der Waals surface area contributed by atoms with Crippen LogP contribution in [0.25, 0.3) is 0 Å². The van der Waals surface area contributed by atoms with Crippen molar-refractivity contribution in [3.05, 3.63) is 82.9 Å². The molecule has 0 saturated carbocycles. The van der Waals surface area contributed by atoms with Crippen molar-refractivity contribution in [2.75, 3.05) is 39.6 Å². The first-order valence-corrected chi connectivity index (χ1v) is 13.0. The normalized spacial score (nSPS) is 11.3. The van der Waals surface area contributed by atoms with E-state index in [9.17, 15) is 13.2 Å². The van der Waals surface area contributed by atoms with Gasteiger partial charge in [-0.15, -0.1) is 0 Å². The SMILES string of the molecule is COc1ccccc1NC(=O)N(CCN(C)C)Cc1cccc(OS(=O)(=O)c2c(C)cccc2Cl)c1. The van der Waals surface area contributed by atoms with E-state index in [4.69, 9.17) is 20.5 Å². The molecule has 0 heterocycles. The highest BCUT2D eigenvalue weighted by molar-refractivity contribution is 7.87. The monoisotopic (exact) mass is 531 g/mol. The molecule has 0 aliphatic rings. The summed E-state index contributed by atoms with van der Waals surface area (Å²) in [5.74, 6) is 0.679. The fraction of sp³-hybridized carbons (Fsp3) is 0.269. The number of aryl methyl sites for hydroxylation is 1. The van der Waals surface area contributed by atoms with E-state index in [-0.39, 0.29) is 28.2 Å². The molecule has 1 N–H and O–H groups in total. The zero-order valence-electron chi connectivity index (χ0n) is 20.7. The van der Waals surface area contributed by atoms with Crippen molar-refractivity contribution < 1.29 is 22.1 Å². The van der Waals surface area contributed by atoms with Crippen LogP contribution < -0.4 is 14.2 Å². The number of likely N-dealkylation sites (N-methyl/N-ethyl adjacent to an activating group) is 1. The second-order valence-electron chi connectivity index (χ2n) is 8.43. The molecule has 3 aromatic carbocycles. The van der Waals surface area contributed by atoms with Gasteiger partial charge in [0.2, 0.25) is 0 Å². The lowest BCUT2D eigenvalue weighted by atomic mass is 10.2. The lowest BCUT2D eigenvalue weighted by Gasteiger charge is -2.25. The van der Waals surface area contributed by atoms with Gasteiger partial charge in [0.05, 0.1) is 17.8 Å². The van der Waals surface area contributed by atoms with E-state index in [1.807, 2.05) is 31.1 Å². The van der Waals surface area contributed by atoms with E-state index in [2.05, 4.69) is 5.32 Å². The smallest absolute Gasteiger partial charge is 0.340 e. The van der Waals surface area contributed by atoms with Crippen molar-refractivity contribution in [1.82, 2.24) is 9.80 Å². The molecule has 10 heteroatoms. The van der Waals surface area contributed by atoms with Gasteiger partial charge in [-0.25, -0.2) is 4.79 Å². The quantitative estimate of drug-likeness (QED) is 0.370. The number of hydrogen-bond acceptors (Lipinski definition) is 6. The van der Waals surface area contributed by atoms with Crippen LogP contribution in [-0.4, -0.2) is 58.5 Å². The van der Waals surface area contributed by atoms with Gasteiger partial charge in [0, 0.05) is 19.6 Å². The largest absolute Gasteiger partial charge is 0.495 e. The van der Waals surface area contributed by atoms with Crippen molar-refractivity contribution in [3.8, 4) is 11.5 Å². The Balaban J connectivity index is 1.81. The number of urea groups is 1. The van der Waals surface area contributed by atoms with Crippen LogP contribution in [0.4, 0.5) is 10.5 Å². The van der Waals surface area contributed by atoms with Gasteiger partial charge < -0.3 is 24.0 Å². The summed E-state index contributed by atoms with van der Waals surface area (Å²) < 4.78 is 36.6. The van der Waals surface area contributed by atoms with Gasteiger partial charge in [-0.2, -0.15) is 8.42 Å². The molecule has 0 aliphatic heterocycles. The number of amides is 2. The molecular weight excluding hydrogens is 502 g/mol. The number of hydrogen-bond donors (Lipinski definition) is 1. The summed E-state index contributed by atoms with van der Waals surface area (Å²) >= 11 is 6.14. The number of halogens is 1. The van der Waals surface area contributed by atoms with Crippen molar-refractivity contribution in [1.29, 1.82) is 0 Å². The maximum Gasteiger partial charge on any atom is 0.340 e. The first-order chi connectivity index (χ1) is 17.1. The summed E-state index contributed by atoms with van der Waals surface area (Å²) in [6, 6.07) is 18.3. The number of nitrogens with one attached hydrogen (secondary N) is 1. The van der Waals surface area contributed by atoms with Crippen LogP contribution in [0.15, 0.2) is 71.6 Å². The molecule has 2 amide bonds. The summed E-state index contributed by atoms with van der Waals surface area (Å²) in [5.41, 5.74) is 1.74. The molecule has 3 rings (SSSR count). The zero-order valence-corrected chi connectivity index (χ0v) is 22.3. The predicted octanol–water partition coefficient (Wildman–Crippen LogP) is 5.02. The van der Waals surface area contributed by atoms with Gasteiger partial charge in [0.1, 0.15) is 16.4 Å². The number of methoxy groups -OCH3 is 1. The molecule has 0 aromatic heterocycles. The van der Waals surface area contributed by atoms with Crippen LogP contribution in [0, 0.1) is 6.92 Å². The van der Waals surface area contributed by atoms with Gasteiger partial charge in [-0.3, -0.25) is 0 Å². The molecule has 3 aromatic rings. The number of para-hydroxylation sites is 2. The number of carbonyl (C=O) groups is 1. The first kappa shape index (κ1) is 27.3. The Morgan fingerprint density at radius 3 is 2.42 bits per heavy atom. The van der Waals surface area contributed by atoms with Crippen LogP contribution in [-0.2, 0) is 16.7 Å². The molecular formula is C26H30ClN3O5S. The van der Waals surface area contributed by atoms with E-state index in [0.29, 0.717) is 35.7 Å². The highest BCUT2D eigenvalue weighted by atomic mass is 35.5. The standard InChI is InChI=1S/C26H30ClN3O5S/c1-19-9-7-12-22(27)25(19)36(32,33)35-21-11-8-10-20(17-21)18-30(16-15-29(2)3)26(31)28-23-13-5-6-14-24(23)34-4/h5-14,17H,15-16,18H2,1-4H3,(H,28,31). The van der Waals surface area contributed by atoms with E-state index < -0.39 is 10.1 Å². The van der Waals surface area contributed by atoms with Gasteiger partial charge in [-0.1, -0.05) is 48.0 Å². The molecule has 0 spiro atoms. The fourth-order valence-electron chi connectivity index (χ4n) is 3.53. The molecule has 0 radical (unpaired) electrons. The van der Waals surface area contributed by atoms with Crippen molar-refractivity contribution in [3.63, 3.8) is 0 Å². The maximum absolute atomic E-state index is 13.2. The lowest BCUT2D eigenvalue weighted by Crippen LogP contribution is -2.39. The van der Waals surface area contributed by atoms with Crippen molar-refractivity contribution in [2.45, 2.75) is 18.4 Å². The van der Waals surface area contributed by atoms with E-state index in [1.165, 1.54) is 6.07 Å². The summed E-state index contributed by atoms with van der Waals surface area (Å²) in [6.45, 7) is 2.96. The summed E-state index contributed by atoms with van der Waals surface area (Å²) in [7, 11) is 1.23. The third-order valence-corrected chi connectivity index (χ3v) is 7.23.